The summed E-state index contributed by atoms with van der Waals surface area (Å²) >= 11 is 0. The summed E-state index contributed by atoms with van der Waals surface area (Å²) in [7, 11) is 3.08. The van der Waals surface area contributed by atoms with Gasteiger partial charge in [-0.05, 0) is 35.9 Å². The Morgan fingerprint density at radius 3 is 2.56 bits per heavy atom. The predicted molar refractivity (Wildman–Crippen MR) is 126 cm³/mol. The molecule has 0 unspecified atom stereocenters. The molecule has 9 heteroatoms. The summed E-state index contributed by atoms with van der Waals surface area (Å²) in [5.41, 5.74) is 1.54. The number of rotatable bonds is 6. The van der Waals surface area contributed by atoms with Crippen molar-refractivity contribution in [3.8, 4) is 34.3 Å². The second-order valence-electron chi connectivity index (χ2n) is 7.53. The Labute approximate surface area is 193 Å². The van der Waals surface area contributed by atoms with Gasteiger partial charge in [0.05, 0.1) is 37.2 Å². The van der Waals surface area contributed by atoms with Gasteiger partial charge in [0.25, 0.3) is 11.4 Å². The maximum atomic E-state index is 13.0. The Kier molecular flexibility index (Phi) is 5.43. The first-order chi connectivity index (χ1) is 16.6. The fourth-order valence-electron chi connectivity index (χ4n) is 3.81. The van der Waals surface area contributed by atoms with Crippen molar-refractivity contribution < 1.29 is 14.0 Å². The smallest absolute Gasteiger partial charge is 0.329 e. The molecule has 2 aromatic heterocycles. The van der Waals surface area contributed by atoms with Crippen LogP contribution in [-0.2, 0) is 6.54 Å². The molecule has 0 radical (unpaired) electrons. The van der Waals surface area contributed by atoms with E-state index >= 15 is 0 Å². The highest BCUT2D eigenvalue weighted by Crippen LogP contribution is 2.37. The number of hydrogen-bond donors (Lipinski definition) is 1. The molecule has 2 heterocycles. The number of ether oxygens (including phenoxy) is 2. The molecule has 0 bridgehead atoms. The minimum Gasteiger partial charge on any atom is -0.493 e. The molecule has 0 aliphatic rings. The first kappa shape index (κ1) is 21.2. The molecule has 9 nitrogen and oxygen atoms in total. The van der Waals surface area contributed by atoms with Gasteiger partial charge in [-0.15, -0.1) is 0 Å². The quantitative estimate of drug-likeness (QED) is 0.416. The van der Waals surface area contributed by atoms with Crippen molar-refractivity contribution >= 4 is 10.9 Å². The molecule has 5 rings (SSSR count). The zero-order valence-corrected chi connectivity index (χ0v) is 18.4. The van der Waals surface area contributed by atoms with E-state index in [0.29, 0.717) is 39.4 Å². The highest BCUT2D eigenvalue weighted by molar-refractivity contribution is 5.82. The standard InChI is InChI=1S/C25H20N4O5/c1-32-20-10-6-9-18(21(20)33-2)22-27-23(34-28-22)16-11-12-17-19(13-16)26-25(31)29(24(17)30)14-15-7-4-3-5-8-15/h3-13H,14H2,1-2H3,(H,26,31). The van der Waals surface area contributed by atoms with Crippen LogP contribution in [0, 0.1) is 0 Å². The van der Waals surface area contributed by atoms with E-state index in [-0.39, 0.29) is 18.0 Å². The summed E-state index contributed by atoms with van der Waals surface area (Å²) in [5.74, 6) is 1.58. The van der Waals surface area contributed by atoms with Gasteiger partial charge < -0.3 is 19.0 Å². The predicted octanol–water partition coefficient (Wildman–Crippen LogP) is 3.47. The largest absolute Gasteiger partial charge is 0.493 e. The molecule has 0 aliphatic carbocycles. The first-order valence-corrected chi connectivity index (χ1v) is 10.5. The van der Waals surface area contributed by atoms with Crippen LogP contribution in [0.5, 0.6) is 11.5 Å². The average Bonchev–Trinajstić information content (AvgIpc) is 3.36. The van der Waals surface area contributed by atoms with Gasteiger partial charge in [0.1, 0.15) is 0 Å². The molecule has 1 N–H and O–H groups in total. The molecule has 0 saturated carbocycles. The van der Waals surface area contributed by atoms with Crippen LogP contribution in [0.2, 0.25) is 0 Å². The topological polar surface area (TPSA) is 112 Å². The molecular weight excluding hydrogens is 436 g/mol. The van der Waals surface area contributed by atoms with Gasteiger partial charge in [-0.3, -0.25) is 9.36 Å². The van der Waals surface area contributed by atoms with E-state index in [0.717, 1.165) is 5.56 Å². The molecular formula is C25H20N4O5. The Balaban J connectivity index is 1.53. The van der Waals surface area contributed by atoms with Gasteiger partial charge in [-0.2, -0.15) is 4.98 Å². The molecule has 0 aliphatic heterocycles. The van der Waals surface area contributed by atoms with Crippen LogP contribution < -0.4 is 20.7 Å². The van der Waals surface area contributed by atoms with Crippen molar-refractivity contribution in [2.75, 3.05) is 14.2 Å². The van der Waals surface area contributed by atoms with Gasteiger partial charge in [-0.25, -0.2) is 4.79 Å². The summed E-state index contributed by atoms with van der Waals surface area (Å²) in [4.78, 5) is 32.9. The third kappa shape index (κ3) is 3.73. The monoisotopic (exact) mass is 456 g/mol. The Morgan fingerprint density at radius 2 is 1.79 bits per heavy atom. The molecule has 5 aromatic rings. The number of fused-ring (bicyclic) bond motifs is 1. The number of methoxy groups -OCH3 is 2. The second kappa shape index (κ2) is 8.70. The van der Waals surface area contributed by atoms with Crippen LogP contribution in [-0.4, -0.2) is 33.9 Å². The van der Waals surface area contributed by atoms with E-state index in [1.807, 2.05) is 30.3 Å². The minimum absolute atomic E-state index is 0.183. The Bertz CT molecular complexity index is 1600. The summed E-state index contributed by atoms with van der Waals surface area (Å²) in [5, 5.41) is 4.45. The Hall–Kier alpha value is -4.66. The molecule has 0 saturated heterocycles. The van der Waals surface area contributed by atoms with E-state index in [4.69, 9.17) is 14.0 Å². The lowest BCUT2D eigenvalue weighted by molar-refractivity contribution is 0.355. The highest BCUT2D eigenvalue weighted by Gasteiger charge is 2.18. The summed E-state index contributed by atoms with van der Waals surface area (Å²) < 4.78 is 17.4. The van der Waals surface area contributed by atoms with Gasteiger partial charge >= 0.3 is 5.69 Å². The van der Waals surface area contributed by atoms with Gasteiger partial charge in [0.2, 0.25) is 5.82 Å². The molecule has 34 heavy (non-hydrogen) atoms. The fraction of sp³-hybridized carbons (Fsp3) is 0.120. The zero-order chi connectivity index (χ0) is 23.7. The molecule has 0 fully saturated rings. The van der Waals surface area contributed by atoms with Crippen LogP contribution in [0.3, 0.4) is 0 Å². The highest BCUT2D eigenvalue weighted by atomic mass is 16.5. The summed E-state index contributed by atoms with van der Waals surface area (Å²) in [6.07, 6.45) is 0. The maximum Gasteiger partial charge on any atom is 0.329 e. The number of hydrogen-bond acceptors (Lipinski definition) is 7. The summed E-state index contributed by atoms with van der Waals surface area (Å²) in [6, 6.07) is 19.7. The number of benzene rings is 3. The number of para-hydroxylation sites is 1. The first-order valence-electron chi connectivity index (χ1n) is 10.5. The van der Waals surface area contributed by atoms with Crippen molar-refractivity contribution in [3.05, 3.63) is 93.1 Å². The second-order valence-corrected chi connectivity index (χ2v) is 7.53. The van der Waals surface area contributed by atoms with Crippen LogP contribution in [0.25, 0.3) is 33.7 Å². The number of H-pyrrole nitrogens is 1. The van der Waals surface area contributed by atoms with Crippen molar-refractivity contribution in [1.82, 2.24) is 19.7 Å². The number of aromatic amines is 1. The zero-order valence-electron chi connectivity index (χ0n) is 18.4. The van der Waals surface area contributed by atoms with Crippen LogP contribution >= 0.6 is 0 Å². The van der Waals surface area contributed by atoms with Gasteiger partial charge in [0, 0.05) is 5.56 Å². The minimum atomic E-state index is -0.495. The lowest BCUT2D eigenvalue weighted by Crippen LogP contribution is -2.35. The normalized spacial score (nSPS) is 11.0. The van der Waals surface area contributed by atoms with E-state index < -0.39 is 5.69 Å². The lowest BCUT2D eigenvalue weighted by Gasteiger charge is -2.09. The van der Waals surface area contributed by atoms with Gasteiger partial charge in [-0.1, -0.05) is 41.6 Å². The van der Waals surface area contributed by atoms with Crippen molar-refractivity contribution in [2.24, 2.45) is 0 Å². The van der Waals surface area contributed by atoms with Gasteiger partial charge in [0.15, 0.2) is 11.5 Å². The molecule has 0 amide bonds. The average molecular weight is 456 g/mol. The summed E-state index contributed by atoms with van der Waals surface area (Å²) in [6.45, 7) is 0.183. The van der Waals surface area contributed by atoms with Crippen LogP contribution in [0.4, 0.5) is 0 Å². The van der Waals surface area contributed by atoms with E-state index in [2.05, 4.69) is 15.1 Å². The van der Waals surface area contributed by atoms with Crippen molar-refractivity contribution in [3.63, 3.8) is 0 Å². The number of nitrogens with one attached hydrogen (secondary N) is 1. The Morgan fingerprint density at radius 1 is 0.971 bits per heavy atom. The van der Waals surface area contributed by atoms with E-state index in [1.165, 1.54) is 11.7 Å². The number of aromatic nitrogens is 4. The third-order valence-corrected chi connectivity index (χ3v) is 5.48. The fourth-order valence-corrected chi connectivity index (χ4v) is 3.81. The van der Waals surface area contributed by atoms with E-state index in [1.54, 1.807) is 43.5 Å². The van der Waals surface area contributed by atoms with Crippen molar-refractivity contribution in [2.45, 2.75) is 6.54 Å². The molecule has 3 aromatic carbocycles. The molecule has 0 atom stereocenters. The maximum absolute atomic E-state index is 13.0. The molecule has 170 valence electrons. The van der Waals surface area contributed by atoms with Crippen LogP contribution in [0.1, 0.15) is 5.56 Å². The van der Waals surface area contributed by atoms with Crippen molar-refractivity contribution in [1.29, 1.82) is 0 Å². The SMILES string of the molecule is COc1cccc(-c2noc(-c3ccc4c(=O)n(Cc5ccccc5)c(=O)[nH]c4c3)n2)c1OC. The number of nitrogens with zero attached hydrogens (tertiary/aromatic N) is 3. The van der Waals surface area contributed by atoms with Crippen LogP contribution in [0.15, 0.2) is 80.8 Å². The molecule has 0 spiro atoms. The van der Waals surface area contributed by atoms with E-state index in [9.17, 15) is 9.59 Å². The third-order valence-electron chi connectivity index (χ3n) is 5.48. The lowest BCUT2D eigenvalue weighted by atomic mass is 10.1.